The number of halogens is 3. The van der Waals surface area contributed by atoms with Crippen molar-refractivity contribution >= 4 is 12.0 Å². The number of amides is 1. The van der Waals surface area contributed by atoms with E-state index in [0.717, 1.165) is 11.1 Å². The van der Waals surface area contributed by atoms with Crippen LogP contribution >= 0.6 is 0 Å². The number of nitrogens with zero attached hydrogens (tertiary/aromatic N) is 1. The van der Waals surface area contributed by atoms with Crippen molar-refractivity contribution in [1.29, 1.82) is 0 Å². The number of aryl methyl sites for hydroxylation is 1. The highest BCUT2D eigenvalue weighted by Crippen LogP contribution is 2.19. The lowest BCUT2D eigenvalue weighted by molar-refractivity contribution is -0.154. The third-order valence-corrected chi connectivity index (χ3v) is 3.14. The fraction of sp³-hybridized carbons (Fsp3) is 0.222. The maximum atomic E-state index is 12.2. The highest BCUT2D eigenvalue weighted by atomic mass is 19.4. The number of aromatic nitrogens is 1. The van der Waals surface area contributed by atoms with Crippen LogP contribution < -0.4 is 10.1 Å². The second-order valence-electron chi connectivity index (χ2n) is 5.34. The minimum atomic E-state index is -4.45. The van der Waals surface area contributed by atoms with Gasteiger partial charge in [-0.1, -0.05) is 35.9 Å². The van der Waals surface area contributed by atoms with Crippen molar-refractivity contribution in [3.8, 4) is 5.88 Å². The van der Waals surface area contributed by atoms with Crippen LogP contribution in [0.4, 0.5) is 13.2 Å². The van der Waals surface area contributed by atoms with E-state index < -0.39 is 12.8 Å². The van der Waals surface area contributed by atoms with Crippen molar-refractivity contribution in [2.75, 3.05) is 6.61 Å². The van der Waals surface area contributed by atoms with Crippen molar-refractivity contribution in [2.24, 2.45) is 0 Å². The number of hydrogen-bond acceptors (Lipinski definition) is 3. The number of pyridine rings is 1. The number of carbonyl (C=O) groups excluding carboxylic acids is 1. The normalized spacial score (nSPS) is 11.5. The summed E-state index contributed by atoms with van der Waals surface area (Å²) in [7, 11) is 0. The quantitative estimate of drug-likeness (QED) is 0.809. The van der Waals surface area contributed by atoms with Gasteiger partial charge in [-0.2, -0.15) is 13.2 Å². The Balaban J connectivity index is 1.93. The Morgan fingerprint density at radius 3 is 2.80 bits per heavy atom. The van der Waals surface area contributed by atoms with Gasteiger partial charge in [-0.15, -0.1) is 0 Å². The zero-order chi connectivity index (χ0) is 18.3. The van der Waals surface area contributed by atoms with E-state index in [4.69, 9.17) is 0 Å². The smallest absolute Gasteiger partial charge is 0.422 e. The van der Waals surface area contributed by atoms with Crippen LogP contribution in [0.1, 0.15) is 16.7 Å². The summed E-state index contributed by atoms with van der Waals surface area (Å²) in [6.07, 6.45) is -0.0999. The minimum absolute atomic E-state index is 0.0119. The summed E-state index contributed by atoms with van der Waals surface area (Å²) < 4.78 is 41.4. The standard InChI is InChI=1S/C18H17F3N2O2/c1-13-4-2-5-14(10-13)7-8-16(24)23-11-15-6-3-9-22-17(15)25-12-18(19,20)21/h2-10H,11-12H2,1H3,(H,23,24)/b8-7-. The van der Waals surface area contributed by atoms with Gasteiger partial charge < -0.3 is 10.1 Å². The van der Waals surface area contributed by atoms with E-state index >= 15 is 0 Å². The summed E-state index contributed by atoms with van der Waals surface area (Å²) in [6.45, 7) is 0.526. The Morgan fingerprint density at radius 2 is 2.08 bits per heavy atom. The first kappa shape index (κ1) is 18.5. The summed E-state index contributed by atoms with van der Waals surface area (Å²) in [6, 6.07) is 10.7. The second-order valence-corrected chi connectivity index (χ2v) is 5.34. The maximum Gasteiger partial charge on any atom is 0.422 e. The van der Waals surface area contributed by atoms with Crippen molar-refractivity contribution in [1.82, 2.24) is 10.3 Å². The molecule has 1 aromatic carbocycles. The molecule has 0 aliphatic rings. The van der Waals surface area contributed by atoms with Crippen LogP contribution in [0.2, 0.25) is 0 Å². The molecule has 4 nitrogen and oxygen atoms in total. The number of hydrogen-bond donors (Lipinski definition) is 1. The largest absolute Gasteiger partial charge is 0.468 e. The number of rotatable bonds is 6. The van der Waals surface area contributed by atoms with Crippen LogP contribution in [0, 0.1) is 6.92 Å². The lowest BCUT2D eigenvalue weighted by Crippen LogP contribution is -2.23. The Bertz CT molecular complexity index is 758. The first-order chi connectivity index (χ1) is 11.8. The van der Waals surface area contributed by atoms with Crippen LogP contribution in [0.3, 0.4) is 0 Å². The third kappa shape index (κ3) is 6.66. The zero-order valence-corrected chi connectivity index (χ0v) is 13.5. The Labute approximate surface area is 143 Å². The lowest BCUT2D eigenvalue weighted by Gasteiger charge is -2.12. The van der Waals surface area contributed by atoms with Crippen molar-refractivity contribution in [3.05, 3.63) is 65.4 Å². The van der Waals surface area contributed by atoms with Gasteiger partial charge in [-0.25, -0.2) is 4.98 Å². The highest BCUT2D eigenvalue weighted by Gasteiger charge is 2.29. The molecule has 1 amide bonds. The average Bonchev–Trinajstić information content (AvgIpc) is 2.56. The molecule has 2 aromatic rings. The fourth-order valence-corrected chi connectivity index (χ4v) is 2.03. The Morgan fingerprint density at radius 1 is 1.28 bits per heavy atom. The van der Waals surface area contributed by atoms with Gasteiger partial charge in [0.05, 0.1) is 0 Å². The van der Waals surface area contributed by atoms with Gasteiger partial charge in [-0.3, -0.25) is 4.79 Å². The van der Waals surface area contributed by atoms with Gasteiger partial charge >= 0.3 is 6.18 Å². The van der Waals surface area contributed by atoms with Crippen molar-refractivity contribution < 1.29 is 22.7 Å². The van der Waals surface area contributed by atoms with E-state index in [9.17, 15) is 18.0 Å². The zero-order valence-electron chi connectivity index (χ0n) is 13.5. The monoisotopic (exact) mass is 350 g/mol. The van der Waals surface area contributed by atoms with Gasteiger partial charge in [0.15, 0.2) is 6.61 Å². The summed E-state index contributed by atoms with van der Waals surface area (Å²) >= 11 is 0. The first-order valence-electron chi connectivity index (χ1n) is 7.49. The molecule has 0 atom stereocenters. The summed E-state index contributed by atoms with van der Waals surface area (Å²) in [4.78, 5) is 15.6. The Kier molecular flexibility index (Phi) is 6.16. The molecule has 0 unspecified atom stereocenters. The molecule has 25 heavy (non-hydrogen) atoms. The number of ether oxygens (including phenoxy) is 1. The van der Waals surface area contributed by atoms with E-state index in [-0.39, 0.29) is 18.3 Å². The number of nitrogens with one attached hydrogen (secondary N) is 1. The summed E-state index contributed by atoms with van der Waals surface area (Å²) in [5.41, 5.74) is 2.32. The summed E-state index contributed by atoms with van der Waals surface area (Å²) in [5, 5.41) is 2.59. The highest BCUT2D eigenvalue weighted by molar-refractivity contribution is 5.91. The molecule has 7 heteroatoms. The first-order valence-corrected chi connectivity index (χ1v) is 7.49. The number of alkyl halides is 3. The van der Waals surface area contributed by atoms with Gasteiger partial charge in [0, 0.05) is 24.4 Å². The van der Waals surface area contributed by atoms with Crippen LogP contribution in [-0.4, -0.2) is 23.7 Å². The minimum Gasteiger partial charge on any atom is -0.468 e. The molecule has 1 heterocycles. The van der Waals surface area contributed by atoms with Crippen LogP contribution in [-0.2, 0) is 11.3 Å². The molecule has 0 aliphatic heterocycles. The lowest BCUT2D eigenvalue weighted by atomic mass is 10.1. The molecule has 0 saturated heterocycles. The second kappa shape index (κ2) is 8.32. The van der Waals surface area contributed by atoms with Crippen molar-refractivity contribution in [3.63, 3.8) is 0 Å². The molecule has 0 saturated carbocycles. The van der Waals surface area contributed by atoms with E-state index in [2.05, 4.69) is 15.0 Å². The number of benzene rings is 1. The van der Waals surface area contributed by atoms with Gasteiger partial charge in [0.25, 0.3) is 0 Å². The van der Waals surface area contributed by atoms with Crippen molar-refractivity contribution in [2.45, 2.75) is 19.6 Å². The maximum absolute atomic E-state index is 12.2. The van der Waals surface area contributed by atoms with E-state index in [1.807, 2.05) is 31.2 Å². The van der Waals surface area contributed by atoms with Crippen LogP contribution in [0.5, 0.6) is 5.88 Å². The van der Waals surface area contributed by atoms with Gasteiger partial charge in [0.1, 0.15) is 0 Å². The molecule has 1 aromatic heterocycles. The molecular weight excluding hydrogens is 333 g/mol. The van der Waals surface area contributed by atoms with Crippen LogP contribution in [0.25, 0.3) is 6.08 Å². The predicted octanol–water partition coefficient (Wildman–Crippen LogP) is 3.66. The molecule has 132 valence electrons. The molecule has 1 N–H and O–H groups in total. The molecule has 0 spiro atoms. The van der Waals surface area contributed by atoms with Gasteiger partial charge in [0.2, 0.25) is 11.8 Å². The van der Waals surface area contributed by atoms with Crippen LogP contribution in [0.15, 0.2) is 48.7 Å². The molecular formula is C18H17F3N2O2. The van der Waals surface area contributed by atoms with E-state index in [0.29, 0.717) is 5.56 Å². The SMILES string of the molecule is Cc1cccc(/C=C\C(=O)NCc2cccnc2OCC(F)(F)F)c1. The Hall–Kier alpha value is -2.83. The molecule has 0 bridgehead atoms. The summed E-state index contributed by atoms with van der Waals surface area (Å²) in [5.74, 6) is -0.519. The topological polar surface area (TPSA) is 51.2 Å². The molecule has 0 fully saturated rings. The molecule has 0 aliphatic carbocycles. The van der Waals surface area contributed by atoms with E-state index in [1.165, 1.54) is 12.3 Å². The fourth-order valence-electron chi connectivity index (χ4n) is 2.03. The molecule has 0 radical (unpaired) electrons. The number of carbonyl (C=O) groups is 1. The average molecular weight is 350 g/mol. The predicted molar refractivity (Wildman–Crippen MR) is 87.8 cm³/mol. The van der Waals surface area contributed by atoms with Gasteiger partial charge in [-0.05, 0) is 24.6 Å². The third-order valence-electron chi connectivity index (χ3n) is 3.14. The molecule has 2 rings (SSSR count). The van der Waals surface area contributed by atoms with E-state index in [1.54, 1.807) is 18.2 Å².